The molecule has 1 aromatic carbocycles. The highest BCUT2D eigenvalue weighted by molar-refractivity contribution is 5.98. The Morgan fingerprint density at radius 2 is 1.94 bits per heavy atom. The maximum atomic E-state index is 12.6. The summed E-state index contributed by atoms with van der Waals surface area (Å²) in [5.74, 6) is -1.26. The fourth-order valence-corrected chi connectivity index (χ4v) is 1.36. The van der Waals surface area contributed by atoms with Crippen LogP contribution in [0.1, 0.15) is 35.7 Å². The molecule has 0 bridgehead atoms. The second-order valence-electron chi connectivity index (χ2n) is 3.18. The molecule has 1 rings (SSSR count). The number of halogens is 4. The second kappa shape index (κ2) is 5.65. The molecule has 0 saturated carbocycles. The lowest BCUT2D eigenvalue weighted by Crippen LogP contribution is -2.10. The summed E-state index contributed by atoms with van der Waals surface area (Å²) in [6.07, 6.45) is -2.96. The van der Waals surface area contributed by atoms with Crippen LogP contribution in [0, 0.1) is 0 Å². The van der Waals surface area contributed by atoms with Crippen molar-refractivity contribution < 1.29 is 27.1 Å². The third-order valence-electron chi connectivity index (χ3n) is 2.11. The van der Waals surface area contributed by atoms with Crippen LogP contribution in [0.5, 0.6) is 5.75 Å². The van der Waals surface area contributed by atoms with Crippen molar-refractivity contribution in [1.29, 1.82) is 0 Å². The van der Waals surface area contributed by atoms with Crippen molar-refractivity contribution >= 4 is 5.78 Å². The van der Waals surface area contributed by atoms with Gasteiger partial charge in [-0.3, -0.25) is 4.79 Å². The number of rotatable bonds is 5. The highest BCUT2D eigenvalue weighted by Gasteiger charge is 2.22. The molecule has 0 saturated heterocycles. The van der Waals surface area contributed by atoms with E-state index < -0.39 is 30.1 Å². The Bertz CT molecular complexity index is 404. The number of carbonyl (C=O) groups excluding carboxylic acids is 1. The van der Waals surface area contributed by atoms with Crippen molar-refractivity contribution in [3.8, 4) is 5.75 Å². The molecule has 2 nitrogen and oxygen atoms in total. The van der Waals surface area contributed by atoms with Crippen LogP contribution in [0.4, 0.5) is 17.6 Å². The SMILES string of the molecule is CCC(=O)c1cccc(C(F)F)c1OC(F)F. The molecule has 0 N–H and O–H groups in total. The zero-order valence-corrected chi connectivity index (χ0v) is 8.92. The van der Waals surface area contributed by atoms with E-state index in [0.717, 1.165) is 6.07 Å². The Hall–Kier alpha value is -1.59. The third-order valence-corrected chi connectivity index (χ3v) is 2.11. The van der Waals surface area contributed by atoms with Gasteiger partial charge in [0.15, 0.2) is 5.78 Å². The van der Waals surface area contributed by atoms with Crippen molar-refractivity contribution in [2.24, 2.45) is 0 Å². The fraction of sp³-hybridized carbons (Fsp3) is 0.364. The van der Waals surface area contributed by atoms with Gasteiger partial charge in [0, 0.05) is 6.42 Å². The molecular weight excluding hydrogens is 240 g/mol. The van der Waals surface area contributed by atoms with Gasteiger partial charge < -0.3 is 4.74 Å². The van der Waals surface area contributed by atoms with E-state index in [1.807, 2.05) is 0 Å². The Kier molecular flexibility index (Phi) is 4.48. The number of hydrogen-bond acceptors (Lipinski definition) is 2. The largest absolute Gasteiger partial charge is 0.434 e. The number of hydrogen-bond donors (Lipinski definition) is 0. The Balaban J connectivity index is 3.28. The summed E-state index contributed by atoms with van der Waals surface area (Å²) in [5, 5.41) is 0. The lowest BCUT2D eigenvalue weighted by molar-refractivity contribution is -0.0522. The minimum Gasteiger partial charge on any atom is -0.434 e. The average Bonchev–Trinajstić information content (AvgIpc) is 2.27. The van der Waals surface area contributed by atoms with Crippen LogP contribution in [0.15, 0.2) is 18.2 Å². The lowest BCUT2D eigenvalue weighted by Gasteiger charge is -2.13. The molecule has 0 heterocycles. The topological polar surface area (TPSA) is 26.3 Å². The van der Waals surface area contributed by atoms with Gasteiger partial charge in [0.25, 0.3) is 6.43 Å². The summed E-state index contributed by atoms with van der Waals surface area (Å²) in [6.45, 7) is -1.75. The molecule has 0 amide bonds. The number of ether oxygens (including phenoxy) is 1. The van der Waals surface area contributed by atoms with E-state index >= 15 is 0 Å². The van der Waals surface area contributed by atoms with Gasteiger partial charge in [0.1, 0.15) is 5.75 Å². The highest BCUT2D eigenvalue weighted by Crippen LogP contribution is 2.33. The molecule has 6 heteroatoms. The zero-order chi connectivity index (χ0) is 13.0. The predicted molar refractivity (Wildman–Crippen MR) is 52.7 cm³/mol. The first kappa shape index (κ1) is 13.5. The summed E-state index contributed by atoms with van der Waals surface area (Å²) in [4.78, 5) is 11.4. The summed E-state index contributed by atoms with van der Waals surface area (Å²) in [5.41, 5.74) is -0.949. The van der Waals surface area contributed by atoms with E-state index in [1.54, 1.807) is 0 Å². The number of para-hydroxylation sites is 1. The first-order chi connectivity index (χ1) is 7.97. The van der Waals surface area contributed by atoms with Crippen LogP contribution in [0.3, 0.4) is 0 Å². The van der Waals surface area contributed by atoms with Gasteiger partial charge >= 0.3 is 6.61 Å². The highest BCUT2D eigenvalue weighted by atomic mass is 19.3. The van der Waals surface area contributed by atoms with Gasteiger partial charge in [0.05, 0.1) is 11.1 Å². The molecule has 0 aliphatic rings. The van der Waals surface area contributed by atoms with Crippen molar-refractivity contribution in [2.45, 2.75) is 26.4 Å². The second-order valence-corrected chi connectivity index (χ2v) is 3.18. The predicted octanol–water partition coefficient (Wildman–Crippen LogP) is 3.82. The summed E-state index contributed by atoms with van der Waals surface area (Å²) in [6, 6.07) is 3.35. The first-order valence-electron chi connectivity index (χ1n) is 4.86. The molecule has 1 aromatic rings. The van der Waals surface area contributed by atoms with E-state index in [9.17, 15) is 22.4 Å². The standard InChI is InChI=1S/C11H10F4O2/c1-2-8(16)6-4-3-5-7(10(12)13)9(6)17-11(14)15/h3-5,10-11H,2H2,1H3. The van der Waals surface area contributed by atoms with E-state index in [4.69, 9.17) is 0 Å². The molecule has 0 aromatic heterocycles. The van der Waals surface area contributed by atoms with E-state index in [1.165, 1.54) is 19.1 Å². The Labute approximate surface area is 95.2 Å². The third kappa shape index (κ3) is 3.18. The molecule has 0 fully saturated rings. The molecule has 17 heavy (non-hydrogen) atoms. The van der Waals surface area contributed by atoms with Crippen LogP contribution in [0.2, 0.25) is 0 Å². The fourth-order valence-electron chi connectivity index (χ4n) is 1.36. The van der Waals surface area contributed by atoms with E-state index in [2.05, 4.69) is 4.74 Å². The molecular formula is C11H10F4O2. The first-order valence-corrected chi connectivity index (χ1v) is 4.86. The summed E-state index contributed by atoms with van der Waals surface area (Å²) < 4.78 is 53.5. The van der Waals surface area contributed by atoms with Crippen LogP contribution in [-0.4, -0.2) is 12.4 Å². The van der Waals surface area contributed by atoms with Gasteiger partial charge in [-0.15, -0.1) is 0 Å². The van der Waals surface area contributed by atoms with Crippen molar-refractivity contribution in [3.05, 3.63) is 29.3 Å². The van der Waals surface area contributed by atoms with Crippen LogP contribution >= 0.6 is 0 Å². The monoisotopic (exact) mass is 250 g/mol. The van der Waals surface area contributed by atoms with E-state index in [0.29, 0.717) is 0 Å². The maximum absolute atomic E-state index is 12.6. The molecule has 0 spiro atoms. The molecule has 0 aliphatic carbocycles. The van der Waals surface area contributed by atoms with Gasteiger partial charge in [0.2, 0.25) is 0 Å². The zero-order valence-electron chi connectivity index (χ0n) is 8.92. The maximum Gasteiger partial charge on any atom is 0.387 e. The van der Waals surface area contributed by atoms with Gasteiger partial charge in [-0.1, -0.05) is 13.0 Å². The molecule has 0 atom stereocenters. The van der Waals surface area contributed by atoms with Crippen LogP contribution in [-0.2, 0) is 0 Å². The molecule has 94 valence electrons. The molecule has 0 aliphatic heterocycles. The van der Waals surface area contributed by atoms with Gasteiger partial charge in [-0.25, -0.2) is 8.78 Å². The number of carbonyl (C=O) groups is 1. The number of benzene rings is 1. The van der Waals surface area contributed by atoms with Crippen molar-refractivity contribution in [1.82, 2.24) is 0 Å². The smallest absolute Gasteiger partial charge is 0.387 e. The van der Waals surface area contributed by atoms with Gasteiger partial charge in [-0.05, 0) is 12.1 Å². The number of alkyl halides is 4. The number of Topliss-reactive ketones (excluding diaryl/α,β-unsaturated/α-hetero) is 1. The molecule has 0 unspecified atom stereocenters. The van der Waals surface area contributed by atoms with Gasteiger partial charge in [-0.2, -0.15) is 8.78 Å². The van der Waals surface area contributed by atoms with Crippen molar-refractivity contribution in [3.63, 3.8) is 0 Å². The Morgan fingerprint density at radius 1 is 1.29 bits per heavy atom. The van der Waals surface area contributed by atoms with Crippen LogP contribution < -0.4 is 4.74 Å². The lowest BCUT2D eigenvalue weighted by atomic mass is 10.0. The quantitative estimate of drug-likeness (QED) is 0.586. The minimum atomic E-state index is -3.25. The normalized spacial score (nSPS) is 11.0. The summed E-state index contributed by atoms with van der Waals surface area (Å²) in [7, 11) is 0. The average molecular weight is 250 g/mol. The minimum absolute atomic E-state index is 0.0201. The van der Waals surface area contributed by atoms with Crippen molar-refractivity contribution in [2.75, 3.05) is 0 Å². The van der Waals surface area contributed by atoms with E-state index in [-0.39, 0.29) is 12.0 Å². The Morgan fingerprint density at radius 3 is 2.41 bits per heavy atom. The number of ketones is 1. The van der Waals surface area contributed by atoms with Crippen LogP contribution in [0.25, 0.3) is 0 Å². The molecule has 0 radical (unpaired) electrons. The summed E-state index contributed by atoms with van der Waals surface area (Å²) >= 11 is 0.